The molecule has 0 spiro atoms. The minimum atomic E-state index is -0.383. The number of carbonyl (C=O) groups excluding carboxylic acids is 2. The van der Waals surface area contributed by atoms with Gasteiger partial charge in [0.2, 0.25) is 0 Å². The zero-order valence-electron chi connectivity index (χ0n) is 7.48. The number of hydrogen-bond acceptors (Lipinski definition) is 4. The molecule has 0 fully saturated rings. The van der Waals surface area contributed by atoms with E-state index >= 15 is 0 Å². The van der Waals surface area contributed by atoms with E-state index in [9.17, 15) is 9.59 Å². The second-order valence-electron chi connectivity index (χ2n) is 2.74. The molecule has 0 saturated heterocycles. The molecular weight excluding hydrogens is 172 g/mol. The van der Waals surface area contributed by atoms with Crippen LogP contribution in [0.1, 0.15) is 13.3 Å². The minimum absolute atomic E-state index is 0.0671. The van der Waals surface area contributed by atoms with Crippen LogP contribution in [0.5, 0.6) is 0 Å². The van der Waals surface area contributed by atoms with Crippen molar-refractivity contribution >= 4 is 11.9 Å². The van der Waals surface area contributed by atoms with Crippen molar-refractivity contribution in [3.05, 3.63) is 11.8 Å². The molecule has 0 saturated carbocycles. The number of amides is 1. The Morgan fingerprint density at radius 2 is 2.31 bits per heavy atom. The summed E-state index contributed by atoms with van der Waals surface area (Å²) in [6, 6.07) is 0. The first-order chi connectivity index (χ1) is 6.13. The van der Waals surface area contributed by atoms with E-state index in [4.69, 9.17) is 0 Å². The third kappa shape index (κ3) is 2.47. The SMILES string of the molecule is COC(=O)CC1=CC(C)C(=O)N=N1. The predicted octanol–water partition coefficient (Wildman–Crippen LogP) is 1.06. The second kappa shape index (κ2) is 3.93. The Labute approximate surface area is 75.5 Å². The summed E-state index contributed by atoms with van der Waals surface area (Å²) >= 11 is 0. The summed E-state index contributed by atoms with van der Waals surface area (Å²) in [5.41, 5.74) is 0.485. The van der Waals surface area contributed by atoms with Gasteiger partial charge in [-0.05, 0) is 13.0 Å². The molecule has 13 heavy (non-hydrogen) atoms. The van der Waals surface area contributed by atoms with Crippen LogP contribution in [0.4, 0.5) is 0 Å². The van der Waals surface area contributed by atoms with Crippen LogP contribution in [-0.2, 0) is 14.3 Å². The molecule has 1 atom stereocenters. The van der Waals surface area contributed by atoms with Gasteiger partial charge in [-0.15, -0.1) is 5.11 Å². The molecule has 0 bridgehead atoms. The molecular formula is C8H10N2O3. The van der Waals surface area contributed by atoms with Gasteiger partial charge < -0.3 is 4.74 Å². The Kier molecular flexibility index (Phi) is 2.89. The standard InChI is InChI=1S/C8H10N2O3/c1-5-3-6(4-7(11)13-2)9-10-8(5)12/h3,5H,4H2,1-2H3. The highest BCUT2D eigenvalue weighted by molar-refractivity contribution is 5.82. The van der Waals surface area contributed by atoms with Gasteiger partial charge in [0.25, 0.3) is 5.91 Å². The van der Waals surface area contributed by atoms with E-state index in [0.29, 0.717) is 5.70 Å². The lowest BCUT2D eigenvalue weighted by Gasteiger charge is -2.07. The average molecular weight is 182 g/mol. The summed E-state index contributed by atoms with van der Waals surface area (Å²) in [5.74, 6) is -0.961. The quantitative estimate of drug-likeness (QED) is 0.599. The lowest BCUT2D eigenvalue weighted by molar-refractivity contribution is -0.139. The van der Waals surface area contributed by atoms with Crippen molar-refractivity contribution in [2.24, 2.45) is 16.1 Å². The van der Waals surface area contributed by atoms with E-state index in [1.165, 1.54) is 7.11 Å². The number of nitrogens with zero attached hydrogens (tertiary/aromatic N) is 2. The molecule has 0 aromatic carbocycles. The van der Waals surface area contributed by atoms with Crippen LogP contribution in [0.3, 0.4) is 0 Å². The zero-order valence-corrected chi connectivity index (χ0v) is 7.48. The van der Waals surface area contributed by atoms with E-state index in [1.54, 1.807) is 13.0 Å². The first kappa shape index (κ1) is 9.57. The molecule has 1 heterocycles. The number of hydrogen-bond donors (Lipinski definition) is 0. The molecule has 5 nitrogen and oxygen atoms in total. The van der Waals surface area contributed by atoms with E-state index in [1.807, 2.05) is 0 Å². The van der Waals surface area contributed by atoms with Crippen LogP contribution >= 0.6 is 0 Å². The van der Waals surface area contributed by atoms with Gasteiger partial charge in [0.1, 0.15) is 0 Å². The van der Waals surface area contributed by atoms with Crippen molar-refractivity contribution in [2.75, 3.05) is 7.11 Å². The Bertz CT molecular complexity index is 294. The fraction of sp³-hybridized carbons (Fsp3) is 0.500. The Morgan fingerprint density at radius 3 is 2.85 bits per heavy atom. The molecule has 1 rings (SSSR count). The van der Waals surface area contributed by atoms with Crippen molar-refractivity contribution < 1.29 is 14.3 Å². The maximum atomic E-state index is 10.9. The number of esters is 1. The summed E-state index contributed by atoms with van der Waals surface area (Å²) in [5, 5.41) is 6.97. The van der Waals surface area contributed by atoms with Crippen molar-refractivity contribution in [1.82, 2.24) is 0 Å². The summed E-state index contributed by atoms with van der Waals surface area (Å²) in [6.45, 7) is 1.71. The van der Waals surface area contributed by atoms with Crippen LogP contribution in [0.25, 0.3) is 0 Å². The number of azo groups is 1. The van der Waals surface area contributed by atoms with Gasteiger partial charge in [-0.25, -0.2) is 0 Å². The maximum absolute atomic E-state index is 10.9. The third-order valence-electron chi connectivity index (χ3n) is 1.66. The minimum Gasteiger partial charge on any atom is -0.469 e. The summed E-state index contributed by atoms with van der Waals surface area (Å²) in [6.07, 6.45) is 1.68. The van der Waals surface area contributed by atoms with E-state index < -0.39 is 0 Å². The van der Waals surface area contributed by atoms with Crippen LogP contribution < -0.4 is 0 Å². The van der Waals surface area contributed by atoms with Crippen molar-refractivity contribution in [3.8, 4) is 0 Å². The summed E-state index contributed by atoms with van der Waals surface area (Å²) in [7, 11) is 1.30. The monoisotopic (exact) mass is 182 g/mol. The molecule has 1 aliphatic rings. The topological polar surface area (TPSA) is 68.1 Å². The lowest BCUT2D eigenvalue weighted by Crippen LogP contribution is -2.11. The van der Waals surface area contributed by atoms with Gasteiger partial charge in [0, 0.05) is 0 Å². The molecule has 70 valence electrons. The Morgan fingerprint density at radius 1 is 1.62 bits per heavy atom. The van der Waals surface area contributed by atoms with Gasteiger partial charge in [-0.1, -0.05) is 0 Å². The van der Waals surface area contributed by atoms with Crippen molar-refractivity contribution in [1.29, 1.82) is 0 Å². The second-order valence-corrected chi connectivity index (χ2v) is 2.74. The average Bonchev–Trinajstić information content (AvgIpc) is 2.11. The number of carbonyl (C=O) groups is 2. The van der Waals surface area contributed by atoms with E-state index in [2.05, 4.69) is 15.0 Å². The van der Waals surface area contributed by atoms with Crippen LogP contribution in [0, 0.1) is 5.92 Å². The lowest BCUT2D eigenvalue weighted by atomic mass is 10.1. The number of methoxy groups -OCH3 is 1. The molecule has 0 aromatic rings. The van der Waals surface area contributed by atoms with E-state index in [0.717, 1.165) is 0 Å². The van der Waals surface area contributed by atoms with Gasteiger partial charge in [0.15, 0.2) is 0 Å². The van der Waals surface area contributed by atoms with Crippen LogP contribution in [-0.4, -0.2) is 19.0 Å². The highest BCUT2D eigenvalue weighted by Crippen LogP contribution is 2.16. The normalized spacial score (nSPS) is 21.2. The Hall–Kier alpha value is -1.52. The highest BCUT2D eigenvalue weighted by atomic mass is 16.5. The molecule has 1 amide bonds. The van der Waals surface area contributed by atoms with Gasteiger partial charge >= 0.3 is 5.97 Å². The van der Waals surface area contributed by atoms with Crippen molar-refractivity contribution in [2.45, 2.75) is 13.3 Å². The van der Waals surface area contributed by atoms with Gasteiger partial charge in [-0.3, -0.25) is 9.59 Å². The maximum Gasteiger partial charge on any atom is 0.311 e. The van der Waals surface area contributed by atoms with Gasteiger partial charge in [-0.2, -0.15) is 5.11 Å². The molecule has 0 aliphatic carbocycles. The molecule has 5 heteroatoms. The number of ether oxygens (including phenoxy) is 1. The first-order valence-electron chi connectivity index (χ1n) is 3.86. The van der Waals surface area contributed by atoms with Crippen LogP contribution in [0.15, 0.2) is 22.0 Å². The fourth-order valence-corrected chi connectivity index (χ4v) is 0.912. The fourth-order valence-electron chi connectivity index (χ4n) is 0.912. The predicted molar refractivity (Wildman–Crippen MR) is 43.7 cm³/mol. The molecule has 0 aromatic heterocycles. The largest absolute Gasteiger partial charge is 0.469 e. The summed E-state index contributed by atoms with van der Waals surface area (Å²) in [4.78, 5) is 21.7. The number of rotatable bonds is 2. The smallest absolute Gasteiger partial charge is 0.311 e. The summed E-state index contributed by atoms with van der Waals surface area (Å²) < 4.78 is 4.45. The molecule has 1 unspecified atom stereocenters. The molecule has 1 aliphatic heterocycles. The van der Waals surface area contributed by atoms with Crippen LogP contribution in [0.2, 0.25) is 0 Å². The highest BCUT2D eigenvalue weighted by Gasteiger charge is 2.17. The Balaban J connectivity index is 2.63. The first-order valence-corrected chi connectivity index (χ1v) is 3.86. The van der Waals surface area contributed by atoms with Gasteiger partial charge in [0.05, 0.1) is 25.1 Å². The molecule has 0 N–H and O–H groups in total. The zero-order chi connectivity index (χ0) is 9.84. The third-order valence-corrected chi connectivity index (χ3v) is 1.66. The van der Waals surface area contributed by atoms with Crippen molar-refractivity contribution in [3.63, 3.8) is 0 Å². The van der Waals surface area contributed by atoms with E-state index in [-0.39, 0.29) is 24.2 Å². The molecule has 0 radical (unpaired) electrons.